The van der Waals surface area contributed by atoms with E-state index in [1.807, 2.05) is 13.1 Å². The highest BCUT2D eigenvalue weighted by molar-refractivity contribution is 5.62. The van der Waals surface area contributed by atoms with E-state index in [1.54, 1.807) is 25.3 Å². The van der Waals surface area contributed by atoms with E-state index in [0.717, 1.165) is 17.7 Å². The lowest BCUT2D eigenvalue weighted by Gasteiger charge is -2.11. The summed E-state index contributed by atoms with van der Waals surface area (Å²) < 4.78 is 38.5. The molecule has 20 heavy (non-hydrogen) atoms. The summed E-state index contributed by atoms with van der Waals surface area (Å²) in [5.74, 6) is 0. The summed E-state index contributed by atoms with van der Waals surface area (Å²) in [4.78, 5) is 4.16. The number of alkyl halides is 3. The van der Waals surface area contributed by atoms with Crippen molar-refractivity contribution in [3.63, 3.8) is 0 Å². The van der Waals surface area contributed by atoms with Crippen molar-refractivity contribution in [2.24, 2.45) is 0 Å². The Morgan fingerprint density at radius 2 is 1.90 bits per heavy atom. The largest absolute Gasteiger partial charge is 0.416 e. The first-order valence-electron chi connectivity index (χ1n) is 6.19. The first-order chi connectivity index (χ1) is 9.40. The van der Waals surface area contributed by atoms with Crippen molar-refractivity contribution < 1.29 is 13.2 Å². The topological polar surface area (TPSA) is 24.9 Å². The summed E-state index contributed by atoms with van der Waals surface area (Å²) in [6.45, 7) is 2.30. The maximum absolute atomic E-state index is 12.8. The Morgan fingerprint density at radius 3 is 2.55 bits per heavy atom. The van der Waals surface area contributed by atoms with Crippen LogP contribution in [-0.2, 0) is 12.7 Å². The number of aromatic nitrogens is 1. The van der Waals surface area contributed by atoms with E-state index in [0.29, 0.717) is 23.4 Å². The fourth-order valence-corrected chi connectivity index (χ4v) is 2.04. The number of halogens is 3. The van der Waals surface area contributed by atoms with Crippen molar-refractivity contribution in [1.29, 1.82) is 0 Å². The van der Waals surface area contributed by atoms with Crippen molar-refractivity contribution >= 4 is 0 Å². The third-order valence-corrected chi connectivity index (χ3v) is 2.91. The average molecular weight is 280 g/mol. The molecule has 0 aliphatic carbocycles. The molecule has 0 atom stereocenters. The highest BCUT2D eigenvalue weighted by atomic mass is 19.4. The summed E-state index contributed by atoms with van der Waals surface area (Å²) >= 11 is 0. The van der Waals surface area contributed by atoms with Crippen molar-refractivity contribution in [2.45, 2.75) is 19.6 Å². The fraction of sp³-hybridized carbons (Fsp3) is 0.267. The monoisotopic (exact) mass is 280 g/mol. The van der Waals surface area contributed by atoms with Gasteiger partial charge in [0.25, 0.3) is 0 Å². The molecular weight excluding hydrogens is 265 g/mol. The van der Waals surface area contributed by atoms with Gasteiger partial charge in [0.05, 0.1) is 11.3 Å². The van der Waals surface area contributed by atoms with Gasteiger partial charge in [0.1, 0.15) is 0 Å². The van der Waals surface area contributed by atoms with Gasteiger partial charge in [-0.05, 0) is 55.4 Å². The van der Waals surface area contributed by atoms with Gasteiger partial charge in [0, 0.05) is 18.3 Å². The fourth-order valence-electron chi connectivity index (χ4n) is 2.04. The molecule has 0 bridgehead atoms. The molecule has 1 aromatic carbocycles. The molecule has 106 valence electrons. The van der Waals surface area contributed by atoms with E-state index in [-0.39, 0.29) is 0 Å². The quantitative estimate of drug-likeness (QED) is 0.925. The van der Waals surface area contributed by atoms with Crippen molar-refractivity contribution in [3.8, 4) is 11.3 Å². The maximum Gasteiger partial charge on any atom is 0.416 e. The molecule has 5 heteroatoms. The number of pyridine rings is 1. The van der Waals surface area contributed by atoms with Crippen LogP contribution in [0.15, 0.2) is 36.5 Å². The van der Waals surface area contributed by atoms with Gasteiger partial charge in [-0.25, -0.2) is 0 Å². The van der Waals surface area contributed by atoms with E-state index >= 15 is 0 Å². The van der Waals surface area contributed by atoms with Crippen LogP contribution in [0.3, 0.4) is 0 Å². The van der Waals surface area contributed by atoms with Crippen LogP contribution in [0.5, 0.6) is 0 Å². The number of hydrogen-bond acceptors (Lipinski definition) is 2. The Morgan fingerprint density at radius 1 is 1.15 bits per heavy atom. The number of nitrogens with zero attached hydrogens (tertiary/aromatic N) is 1. The van der Waals surface area contributed by atoms with Crippen molar-refractivity contribution in [3.05, 3.63) is 53.2 Å². The molecule has 2 rings (SSSR count). The highest BCUT2D eigenvalue weighted by Crippen LogP contribution is 2.33. The average Bonchev–Trinajstić information content (AvgIpc) is 2.38. The predicted molar refractivity (Wildman–Crippen MR) is 72.2 cm³/mol. The lowest BCUT2D eigenvalue weighted by Crippen LogP contribution is -2.06. The molecule has 0 amide bonds. The number of aryl methyl sites for hydroxylation is 1. The Kier molecular flexibility index (Phi) is 4.09. The SMILES string of the molecule is CNCc1ccnc(-c2cc(C)cc(C(F)(F)F)c2)c1. The third kappa shape index (κ3) is 3.36. The molecule has 1 N–H and O–H groups in total. The van der Waals surface area contributed by atoms with Crippen LogP contribution in [0.4, 0.5) is 13.2 Å². The second-order valence-electron chi connectivity index (χ2n) is 4.67. The minimum atomic E-state index is -4.34. The molecule has 0 saturated carbocycles. The summed E-state index contributed by atoms with van der Waals surface area (Å²) in [5, 5.41) is 3.00. The van der Waals surface area contributed by atoms with Crippen molar-refractivity contribution in [2.75, 3.05) is 7.05 Å². The van der Waals surface area contributed by atoms with E-state index in [2.05, 4.69) is 10.3 Å². The lowest BCUT2D eigenvalue weighted by molar-refractivity contribution is -0.137. The number of benzene rings is 1. The Labute approximate surface area is 115 Å². The van der Waals surface area contributed by atoms with E-state index in [1.165, 1.54) is 0 Å². The normalized spacial score (nSPS) is 11.7. The smallest absolute Gasteiger partial charge is 0.316 e. The summed E-state index contributed by atoms with van der Waals surface area (Å²) in [6, 6.07) is 7.62. The summed E-state index contributed by atoms with van der Waals surface area (Å²) in [6.07, 6.45) is -2.74. The number of hydrogen-bond donors (Lipinski definition) is 1. The van der Waals surface area contributed by atoms with Crippen molar-refractivity contribution in [1.82, 2.24) is 10.3 Å². The molecular formula is C15H15F3N2. The molecule has 0 radical (unpaired) electrons. The van der Waals surface area contributed by atoms with Gasteiger partial charge in [-0.2, -0.15) is 13.2 Å². The van der Waals surface area contributed by atoms with Crippen LogP contribution >= 0.6 is 0 Å². The zero-order valence-electron chi connectivity index (χ0n) is 11.3. The minimum Gasteiger partial charge on any atom is -0.316 e. The number of nitrogens with one attached hydrogen (secondary N) is 1. The van der Waals surface area contributed by atoms with Crippen LogP contribution in [0.1, 0.15) is 16.7 Å². The van der Waals surface area contributed by atoms with Gasteiger partial charge >= 0.3 is 6.18 Å². The lowest BCUT2D eigenvalue weighted by atomic mass is 10.0. The van der Waals surface area contributed by atoms with Crippen LogP contribution in [0, 0.1) is 6.92 Å². The minimum absolute atomic E-state index is 0.482. The van der Waals surface area contributed by atoms with Gasteiger partial charge < -0.3 is 5.32 Å². The van der Waals surface area contributed by atoms with Gasteiger partial charge in [-0.3, -0.25) is 4.98 Å². The molecule has 2 nitrogen and oxygen atoms in total. The molecule has 0 saturated heterocycles. The first kappa shape index (κ1) is 14.5. The Balaban J connectivity index is 2.47. The molecule has 1 heterocycles. The maximum atomic E-state index is 12.8. The molecule has 0 aliphatic heterocycles. The van der Waals surface area contributed by atoms with E-state index < -0.39 is 11.7 Å². The zero-order chi connectivity index (χ0) is 14.8. The van der Waals surface area contributed by atoms with Crippen LogP contribution < -0.4 is 5.32 Å². The predicted octanol–water partition coefficient (Wildman–Crippen LogP) is 3.80. The summed E-state index contributed by atoms with van der Waals surface area (Å²) in [5.41, 5.74) is 1.93. The molecule has 2 aromatic rings. The Bertz CT molecular complexity index is 606. The van der Waals surface area contributed by atoms with E-state index in [9.17, 15) is 13.2 Å². The molecule has 0 spiro atoms. The highest BCUT2D eigenvalue weighted by Gasteiger charge is 2.31. The van der Waals surface area contributed by atoms with Crippen LogP contribution in [0.25, 0.3) is 11.3 Å². The second-order valence-corrected chi connectivity index (χ2v) is 4.67. The third-order valence-electron chi connectivity index (χ3n) is 2.91. The first-order valence-corrected chi connectivity index (χ1v) is 6.19. The molecule has 1 aromatic heterocycles. The standard InChI is InChI=1S/C15H15F3N2/c1-10-5-12(8-13(6-10)15(16,17)18)14-7-11(9-19-2)3-4-20-14/h3-8,19H,9H2,1-2H3. The van der Waals surface area contributed by atoms with Gasteiger partial charge in [0.15, 0.2) is 0 Å². The van der Waals surface area contributed by atoms with Gasteiger partial charge in [0.2, 0.25) is 0 Å². The number of rotatable bonds is 3. The van der Waals surface area contributed by atoms with Gasteiger partial charge in [-0.1, -0.05) is 0 Å². The Hall–Kier alpha value is -1.88. The van der Waals surface area contributed by atoms with Crippen LogP contribution in [0.2, 0.25) is 0 Å². The van der Waals surface area contributed by atoms with E-state index in [4.69, 9.17) is 0 Å². The second kappa shape index (κ2) is 5.63. The van der Waals surface area contributed by atoms with Gasteiger partial charge in [-0.15, -0.1) is 0 Å². The molecule has 0 fully saturated rings. The molecule has 0 unspecified atom stereocenters. The van der Waals surface area contributed by atoms with Crippen LogP contribution in [-0.4, -0.2) is 12.0 Å². The molecule has 0 aliphatic rings. The summed E-state index contributed by atoms with van der Waals surface area (Å²) in [7, 11) is 1.81. The zero-order valence-corrected chi connectivity index (χ0v) is 11.3.